The van der Waals surface area contributed by atoms with E-state index >= 15 is 0 Å². The minimum absolute atomic E-state index is 0.128. The average Bonchev–Trinajstić information content (AvgIpc) is 3.25. The van der Waals surface area contributed by atoms with Crippen LogP contribution in [-0.4, -0.2) is 53.6 Å². The number of piperidine rings is 1. The summed E-state index contributed by atoms with van der Waals surface area (Å²) >= 11 is 0. The van der Waals surface area contributed by atoms with Crippen LogP contribution in [-0.2, 0) is 6.54 Å². The first kappa shape index (κ1) is 20.2. The summed E-state index contributed by atoms with van der Waals surface area (Å²) in [6.07, 6.45) is 5.51. The number of ether oxygens (including phenoxy) is 1. The van der Waals surface area contributed by atoms with Crippen molar-refractivity contribution in [2.75, 3.05) is 26.0 Å². The highest BCUT2D eigenvalue weighted by Gasteiger charge is 2.27. The summed E-state index contributed by atoms with van der Waals surface area (Å²) in [6, 6.07) is 11.0. The summed E-state index contributed by atoms with van der Waals surface area (Å²) in [4.78, 5) is 22.4. The molecule has 3 aromatic rings. The fourth-order valence-electron chi connectivity index (χ4n) is 4.27. The molecular weight excluding hydrogens is 378 g/mol. The van der Waals surface area contributed by atoms with Crippen LogP contribution >= 0.6 is 0 Å². The number of benzene rings is 1. The lowest BCUT2D eigenvalue weighted by Crippen LogP contribution is -2.44. The molecule has 1 amide bonds. The van der Waals surface area contributed by atoms with Crippen molar-refractivity contribution >= 4 is 22.6 Å². The molecule has 30 heavy (non-hydrogen) atoms. The van der Waals surface area contributed by atoms with Crippen molar-refractivity contribution in [1.29, 1.82) is 0 Å². The zero-order chi connectivity index (χ0) is 21.1. The van der Waals surface area contributed by atoms with E-state index in [4.69, 9.17) is 4.74 Å². The number of anilines is 1. The molecule has 0 spiro atoms. The number of nitrogens with one attached hydrogen (secondary N) is 3. The lowest BCUT2D eigenvalue weighted by atomic mass is 9.96. The number of carbonyl (C=O) groups excluding carboxylic acids is 1. The molecule has 7 nitrogen and oxygen atoms in total. The molecule has 1 fully saturated rings. The molecule has 1 aromatic carbocycles. The minimum atomic E-state index is -0.128. The van der Waals surface area contributed by atoms with E-state index < -0.39 is 0 Å². The number of rotatable bonds is 6. The number of carbonyl (C=O) groups is 1. The van der Waals surface area contributed by atoms with Crippen molar-refractivity contribution in [3.05, 3.63) is 53.9 Å². The molecule has 0 bridgehead atoms. The number of aromatic nitrogens is 2. The van der Waals surface area contributed by atoms with Crippen LogP contribution in [0.25, 0.3) is 11.0 Å². The number of hydrogen-bond donors (Lipinski definition) is 3. The first-order valence-electron chi connectivity index (χ1n) is 10.4. The van der Waals surface area contributed by atoms with E-state index in [1.54, 1.807) is 20.4 Å². The Morgan fingerprint density at radius 3 is 3.00 bits per heavy atom. The highest BCUT2D eigenvalue weighted by molar-refractivity contribution is 6.06. The standard InChI is InChI=1S/C23H29N5O2/c1-15-11-17(8-10-28(15)14-16-5-4-6-18(12-16)30-3)27-21-19-7-9-25-22(19)26-13-20(21)23(29)24-2/h4-7,9,12-13,15,17H,8,10-11,14H2,1-3H3,(H,24,29)(H2,25,26,27)/t15-,17-/m0/s1. The molecule has 7 heteroatoms. The van der Waals surface area contributed by atoms with Crippen LogP contribution in [0.15, 0.2) is 42.7 Å². The Morgan fingerprint density at radius 2 is 2.23 bits per heavy atom. The summed E-state index contributed by atoms with van der Waals surface area (Å²) in [5.41, 5.74) is 3.49. The van der Waals surface area contributed by atoms with Crippen molar-refractivity contribution in [2.24, 2.45) is 0 Å². The summed E-state index contributed by atoms with van der Waals surface area (Å²) in [5.74, 6) is 0.767. The van der Waals surface area contributed by atoms with Crippen LogP contribution in [0.4, 0.5) is 5.69 Å². The third kappa shape index (κ3) is 4.11. The van der Waals surface area contributed by atoms with Gasteiger partial charge in [0.25, 0.3) is 5.91 Å². The van der Waals surface area contributed by atoms with Gasteiger partial charge in [0.15, 0.2) is 0 Å². The fourth-order valence-corrected chi connectivity index (χ4v) is 4.27. The third-order valence-electron chi connectivity index (χ3n) is 5.94. The highest BCUT2D eigenvalue weighted by Crippen LogP contribution is 2.29. The third-order valence-corrected chi connectivity index (χ3v) is 5.94. The Balaban J connectivity index is 1.48. The maximum atomic E-state index is 12.4. The molecule has 1 aliphatic heterocycles. The van der Waals surface area contributed by atoms with Gasteiger partial charge in [0, 0.05) is 50.0 Å². The van der Waals surface area contributed by atoms with Crippen molar-refractivity contribution in [2.45, 2.75) is 38.4 Å². The van der Waals surface area contributed by atoms with Crippen molar-refractivity contribution in [1.82, 2.24) is 20.2 Å². The second-order valence-electron chi connectivity index (χ2n) is 7.90. The molecule has 1 aliphatic rings. The molecule has 2 atom stereocenters. The Morgan fingerprint density at radius 1 is 1.37 bits per heavy atom. The second-order valence-corrected chi connectivity index (χ2v) is 7.90. The predicted molar refractivity (Wildman–Crippen MR) is 119 cm³/mol. The van der Waals surface area contributed by atoms with Gasteiger partial charge in [0.1, 0.15) is 11.4 Å². The Labute approximate surface area is 176 Å². The van der Waals surface area contributed by atoms with Gasteiger partial charge in [-0.3, -0.25) is 9.69 Å². The number of likely N-dealkylation sites (tertiary alicyclic amines) is 1. The van der Waals surface area contributed by atoms with Crippen LogP contribution in [0.2, 0.25) is 0 Å². The van der Waals surface area contributed by atoms with E-state index in [0.29, 0.717) is 17.6 Å². The summed E-state index contributed by atoms with van der Waals surface area (Å²) in [5, 5.41) is 7.33. The number of aromatic amines is 1. The molecule has 158 valence electrons. The summed E-state index contributed by atoms with van der Waals surface area (Å²) in [6.45, 7) is 4.17. The number of amides is 1. The van der Waals surface area contributed by atoms with E-state index in [9.17, 15) is 4.79 Å². The second kappa shape index (κ2) is 8.75. The molecule has 3 heterocycles. The molecule has 0 radical (unpaired) electrons. The van der Waals surface area contributed by atoms with Gasteiger partial charge in [0.05, 0.1) is 18.4 Å². The molecule has 4 rings (SSSR count). The van der Waals surface area contributed by atoms with E-state index in [0.717, 1.165) is 48.4 Å². The smallest absolute Gasteiger partial charge is 0.254 e. The number of H-pyrrole nitrogens is 1. The molecule has 1 saturated heterocycles. The molecular formula is C23H29N5O2. The first-order valence-corrected chi connectivity index (χ1v) is 10.4. The molecule has 0 saturated carbocycles. The lowest BCUT2D eigenvalue weighted by molar-refractivity contribution is 0.0963. The summed E-state index contributed by atoms with van der Waals surface area (Å²) < 4.78 is 5.35. The van der Waals surface area contributed by atoms with Gasteiger partial charge in [-0.25, -0.2) is 4.98 Å². The number of pyridine rings is 1. The fraction of sp³-hybridized carbons (Fsp3) is 0.391. The lowest BCUT2D eigenvalue weighted by Gasteiger charge is -2.38. The Hall–Kier alpha value is -3.06. The first-order chi connectivity index (χ1) is 14.6. The predicted octanol–water partition coefficient (Wildman–Crippen LogP) is 3.40. The van der Waals surface area contributed by atoms with Crippen molar-refractivity contribution < 1.29 is 9.53 Å². The van der Waals surface area contributed by atoms with E-state index in [1.807, 2.05) is 24.4 Å². The molecule has 0 aliphatic carbocycles. The van der Waals surface area contributed by atoms with Crippen LogP contribution in [0, 0.1) is 0 Å². The zero-order valence-corrected chi connectivity index (χ0v) is 17.7. The summed E-state index contributed by atoms with van der Waals surface area (Å²) in [7, 11) is 3.35. The van der Waals surface area contributed by atoms with Gasteiger partial charge < -0.3 is 20.4 Å². The number of hydrogen-bond acceptors (Lipinski definition) is 5. The Kier molecular flexibility index (Phi) is 5.90. The van der Waals surface area contributed by atoms with Crippen LogP contribution in [0.3, 0.4) is 0 Å². The van der Waals surface area contributed by atoms with Gasteiger partial charge in [-0.2, -0.15) is 0 Å². The van der Waals surface area contributed by atoms with Crippen molar-refractivity contribution in [3.8, 4) is 5.75 Å². The largest absolute Gasteiger partial charge is 0.497 e. The Bertz CT molecular complexity index is 1030. The highest BCUT2D eigenvalue weighted by atomic mass is 16.5. The van der Waals surface area contributed by atoms with Gasteiger partial charge in [-0.1, -0.05) is 12.1 Å². The number of methoxy groups -OCH3 is 1. The van der Waals surface area contributed by atoms with Gasteiger partial charge in [-0.05, 0) is 43.5 Å². The monoisotopic (exact) mass is 407 g/mol. The van der Waals surface area contributed by atoms with Crippen LogP contribution in [0.1, 0.15) is 35.7 Å². The normalized spacial score (nSPS) is 19.6. The number of nitrogens with zero attached hydrogens (tertiary/aromatic N) is 2. The zero-order valence-electron chi connectivity index (χ0n) is 17.7. The molecule has 2 aromatic heterocycles. The number of fused-ring (bicyclic) bond motifs is 1. The minimum Gasteiger partial charge on any atom is -0.497 e. The maximum absolute atomic E-state index is 12.4. The molecule has 3 N–H and O–H groups in total. The van der Waals surface area contributed by atoms with Gasteiger partial charge >= 0.3 is 0 Å². The van der Waals surface area contributed by atoms with Crippen molar-refractivity contribution in [3.63, 3.8) is 0 Å². The van der Waals surface area contributed by atoms with Crippen LogP contribution < -0.4 is 15.4 Å². The maximum Gasteiger partial charge on any atom is 0.254 e. The topological polar surface area (TPSA) is 82.3 Å². The van der Waals surface area contributed by atoms with E-state index in [2.05, 4.69) is 44.6 Å². The average molecular weight is 408 g/mol. The van der Waals surface area contributed by atoms with E-state index in [1.165, 1.54) is 5.56 Å². The molecule has 0 unspecified atom stereocenters. The SMILES string of the molecule is CNC(=O)c1cnc2[nH]ccc2c1N[C@H]1CCN(Cc2cccc(OC)c2)[C@@H](C)C1. The van der Waals surface area contributed by atoms with E-state index in [-0.39, 0.29) is 5.91 Å². The van der Waals surface area contributed by atoms with Gasteiger partial charge in [-0.15, -0.1) is 0 Å². The van der Waals surface area contributed by atoms with Crippen LogP contribution in [0.5, 0.6) is 5.75 Å². The van der Waals surface area contributed by atoms with Gasteiger partial charge in [0.2, 0.25) is 0 Å². The quantitative estimate of drug-likeness (QED) is 0.583.